The van der Waals surface area contributed by atoms with E-state index >= 15 is 0 Å². The molecule has 0 radical (unpaired) electrons. The fourth-order valence-electron chi connectivity index (χ4n) is 0.614. The van der Waals surface area contributed by atoms with Crippen molar-refractivity contribution in [1.82, 2.24) is 4.98 Å². The Hall–Kier alpha value is 0.380. The lowest BCUT2D eigenvalue weighted by atomic mass is 10.3. The summed E-state index contributed by atoms with van der Waals surface area (Å²) in [4.78, 5) is 3.32. The van der Waals surface area contributed by atoms with Gasteiger partial charge in [0.25, 0.3) is 0 Å². The number of rotatable bonds is 0. The van der Waals surface area contributed by atoms with Gasteiger partial charge in [-0.3, -0.25) is 0 Å². The van der Waals surface area contributed by atoms with E-state index in [0.29, 0.717) is 8.95 Å². The minimum atomic E-state index is -4.42. The largest absolute Gasteiger partial charge is 0.433 e. The first-order chi connectivity index (χ1) is 5.82. The van der Waals surface area contributed by atoms with Gasteiger partial charge in [0.05, 0.1) is 4.47 Å². The summed E-state index contributed by atoms with van der Waals surface area (Å²) in [5.41, 5.74) is -0.936. The van der Waals surface area contributed by atoms with Crippen molar-refractivity contribution < 1.29 is 13.2 Å². The Balaban J connectivity index is 3.29. The number of halogens is 6. The molecule has 0 fully saturated rings. The molecule has 0 saturated carbocycles. The van der Waals surface area contributed by atoms with Crippen LogP contribution in [0.2, 0.25) is 0 Å². The van der Waals surface area contributed by atoms with E-state index in [2.05, 4.69) is 52.8 Å². The van der Waals surface area contributed by atoms with Gasteiger partial charge < -0.3 is 0 Å². The van der Waals surface area contributed by atoms with E-state index < -0.39 is 11.9 Å². The van der Waals surface area contributed by atoms with E-state index in [4.69, 9.17) is 0 Å². The molecule has 0 unspecified atom stereocenters. The summed E-state index contributed by atoms with van der Waals surface area (Å²) in [6.45, 7) is 0. The fourth-order valence-corrected chi connectivity index (χ4v) is 1.89. The first-order valence-electron chi connectivity index (χ1n) is 2.91. The number of pyridine rings is 1. The van der Waals surface area contributed by atoms with Gasteiger partial charge in [0.2, 0.25) is 0 Å². The van der Waals surface area contributed by atoms with Crippen LogP contribution in [-0.4, -0.2) is 4.98 Å². The molecule has 0 atom stereocenters. The van der Waals surface area contributed by atoms with E-state index in [1.54, 1.807) is 0 Å². The van der Waals surface area contributed by atoms with Gasteiger partial charge in [-0.15, -0.1) is 0 Å². The van der Waals surface area contributed by atoms with Crippen molar-refractivity contribution in [2.45, 2.75) is 6.18 Å². The van der Waals surface area contributed by atoms with Crippen LogP contribution in [0.15, 0.2) is 19.6 Å². The second kappa shape index (κ2) is 3.86. The van der Waals surface area contributed by atoms with Crippen LogP contribution in [0.25, 0.3) is 0 Å². The summed E-state index contributed by atoms with van der Waals surface area (Å²) in [6, 6.07) is 0.912. The zero-order valence-corrected chi connectivity index (χ0v) is 10.6. The van der Waals surface area contributed by atoms with Gasteiger partial charge in [-0.05, 0) is 53.9 Å². The highest BCUT2D eigenvalue weighted by molar-refractivity contribution is 9.14. The average molecular weight is 384 g/mol. The highest BCUT2D eigenvalue weighted by Gasteiger charge is 2.33. The highest BCUT2D eigenvalue weighted by Crippen LogP contribution is 2.35. The summed E-state index contributed by atoms with van der Waals surface area (Å²) < 4.78 is 37.4. The molecule has 7 heteroatoms. The maximum absolute atomic E-state index is 12.2. The number of alkyl halides is 3. The van der Waals surface area contributed by atoms with E-state index in [0.717, 1.165) is 6.07 Å². The topological polar surface area (TPSA) is 12.9 Å². The second-order valence-electron chi connectivity index (χ2n) is 2.09. The number of hydrogen-bond acceptors (Lipinski definition) is 1. The summed E-state index contributed by atoms with van der Waals surface area (Å²) >= 11 is 8.93. The Labute approximate surface area is 97.1 Å². The van der Waals surface area contributed by atoms with Crippen molar-refractivity contribution in [3.63, 3.8) is 0 Å². The molecule has 72 valence electrons. The third-order valence-corrected chi connectivity index (χ3v) is 4.23. The van der Waals surface area contributed by atoms with Crippen LogP contribution in [0.3, 0.4) is 0 Å². The molecule has 1 aromatic heterocycles. The Morgan fingerprint density at radius 1 is 1.15 bits per heavy atom. The monoisotopic (exact) mass is 381 g/mol. The van der Waals surface area contributed by atoms with Crippen LogP contribution >= 0.6 is 47.8 Å². The van der Waals surface area contributed by atoms with Crippen LogP contribution in [0.5, 0.6) is 0 Å². The van der Waals surface area contributed by atoms with Gasteiger partial charge in [0.1, 0.15) is 10.3 Å². The minimum absolute atomic E-state index is 0.120. The van der Waals surface area contributed by atoms with Gasteiger partial charge in [0.15, 0.2) is 0 Å². The molecule has 0 aliphatic rings. The molecule has 0 aromatic carbocycles. The molecule has 13 heavy (non-hydrogen) atoms. The highest BCUT2D eigenvalue weighted by atomic mass is 79.9. The van der Waals surface area contributed by atoms with E-state index in [-0.39, 0.29) is 4.60 Å². The Morgan fingerprint density at radius 2 is 1.69 bits per heavy atom. The lowest BCUT2D eigenvalue weighted by Crippen LogP contribution is -2.08. The van der Waals surface area contributed by atoms with E-state index in [1.807, 2.05) is 0 Å². The number of nitrogens with zero attached hydrogens (tertiary/aromatic N) is 1. The third-order valence-electron chi connectivity index (χ3n) is 1.16. The zero-order valence-electron chi connectivity index (χ0n) is 5.79. The van der Waals surface area contributed by atoms with Crippen LogP contribution in [-0.2, 0) is 6.18 Å². The van der Waals surface area contributed by atoms with Crippen molar-refractivity contribution in [2.24, 2.45) is 0 Å². The summed E-state index contributed by atoms with van der Waals surface area (Å²) in [5, 5.41) is 0. The molecular weight excluding hydrogens is 383 g/mol. The van der Waals surface area contributed by atoms with Gasteiger partial charge >= 0.3 is 6.18 Å². The Kier molecular flexibility index (Phi) is 3.40. The minimum Gasteiger partial charge on any atom is -0.235 e. The molecule has 0 spiro atoms. The SMILES string of the molecule is FC(F)(F)c1cc(Br)c(Br)c(Br)n1. The van der Waals surface area contributed by atoms with E-state index in [1.165, 1.54) is 0 Å². The summed E-state index contributed by atoms with van der Waals surface area (Å²) in [5.74, 6) is 0. The normalized spacial score (nSPS) is 11.8. The van der Waals surface area contributed by atoms with Crippen molar-refractivity contribution in [3.05, 3.63) is 25.3 Å². The molecule has 1 nitrogen and oxygen atoms in total. The molecule has 0 amide bonds. The number of hydrogen-bond donors (Lipinski definition) is 0. The fraction of sp³-hybridized carbons (Fsp3) is 0.167. The van der Waals surface area contributed by atoms with Gasteiger partial charge in [-0.25, -0.2) is 4.98 Å². The lowest BCUT2D eigenvalue weighted by Gasteiger charge is -2.07. The van der Waals surface area contributed by atoms with Gasteiger partial charge in [-0.2, -0.15) is 13.2 Å². The Bertz CT molecular complexity index is 313. The molecule has 0 N–H and O–H groups in total. The van der Waals surface area contributed by atoms with Crippen molar-refractivity contribution in [2.75, 3.05) is 0 Å². The zero-order chi connectivity index (χ0) is 10.2. The van der Waals surface area contributed by atoms with Crippen LogP contribution in [0.4, 0.5) is 13.2 Å². The summed E-state index contributed by atoms with van der Waals surface area (Å²) in [7, 11) is 0. The molecule has 0 aliphatic heterocycles. The van der Waals surface area contributed by atoms with Crippen molar-refractivity contribution in [3.8, 4) is 0 Å². The molecule has 1 heterocycles. The molecule has 0 saturated heterocycles. The Morgan fingerprint density at radius 3 is 2.08 bits per heavy atom. The molecule has 1 rings (SSSR count). The van der Waals surface area contributed by atoms with Crippen molar-refractivity contribution >= 4 is 47.8 Å². The predicted molar refractivity (Wildman–Crippen MR) is 52.3 cm³/mol. The number of aromatic nitrogens is 1. The molecule has 0 bridgehead atoms. The lowest BCUT2D eigenvalue weighted by molar-refractivity contribution is -0.141. The smallest absolute Gasteiger partial charge is 0.235 e. The maximum Gasteiger partial charge on any atom is 0.433 e. The maximum atomic E-state index is 12.2. The van der Waals surface area contributed by atoms with Crippen LogP contribution in [0, 0.1) is 0 Å². The predicted octanol–water partition coefficient (Wildman–Crippen LogP) is 4.39. The summed E-state index contributed by atoms with van der Waals surface area (Å²) in [6.07, 6.45) is -4.42. The third kappa shape index (κ3) is 2.66. The molecule has 1 aromatic rings. The van der Waals surface area contributed by atoms with Crippen molar-refractivity contribution in [1.29, 1.82) is 0 Å². The van der Waals surface area contributed by atoms with Crippen LogP contribution < -0.4 is 0 Å². The van der Waals surface area contributed by atoms with Gasteiger partial charge in [0, 0.05) is 4.47 Å². The second-order valence-corrected chi connectivity index (χ2v) is 4.49. The average Bonchev–Trinajstić information content (AvgIpc) is 1.97. The first-order valence-corrected chi connectivity index (χ1v) is 5.29. The van der Waals surface area contributed by atoms with Gasteiger partial charge in [-0.1, -0.05) is 0 Å². The molecule has 0 aliphatic carbocycles. The first kappa shape index (κ1) is 11.5. The molecular formula is C6HBr3F3N. The standard InChI is InChI=1S/C6HBr3F3N/c7-2-1-3(6(10,11)12)13-5(9)4(2)8/h1H. The van der Waals surface area contributed by atoms with E-state index in [9.17, 15) is 13.2 Å². The quantitative estimate of drug-likeness (QED) is 0.606. The van der Waals surface area contributed by atoms with Crippen LogP contribution in [0.1, 0.15) is 5.69 Å².